The number of nitrogens with zero attached hydrogens (tertiary/aromatic N) is 2. The van der Waals surface area contributed by atoms with Crippen LogP contribution in [0.2, 0.25) is 0 Å². The second kappa shape index (κ2) is 5.83. The summed E-state index contributed by atoms with van der Waals surface area (Å²) < 4.78 is 7.77. The topological polar surface area (TPSA) is 109 Å². The second-order valence-electron chi connectivity index (χ2n) is 6.99. The van der Waals surface area contributed by atoms with Crippen molar-refractivity contribution in [3.63, 3.8) is 0 Å². The largest absolute Gasteiger partial charge is 0.422 e. The lowest BCUT2D eigenvalue weighted by Crippen LogP contribution is -2.43. The number of fused-ring (bicyclic) bond motifs is 4. The van der Waals surface area contributed by atoms with E-state index in [4.69, 9.17) is 22.7 Å². The van der Waals surface area contributed by atoms with E-state index in [1.54, 1.807) is 4.57 Å². The Morgan fingerprint density at radius 3 is 2.72 bits per heavy atom. The van der Waals surface area contributed by atoms with Crippen LogP contribution in [0.15, 0.2) is 60.0 Å². The zero-order valence-corrected chi connectivity index (χ0v) is 16.1. The number of aryl methyl sites for hydroxylation is 1. The minimum atomic E-state index is -1.48. The third-order valence-corrected chi connectivity index (χ3v) is 5.63. The Bertz CT molecular complexity index is 1330. The van der Waals surface area contributed by atoms with Gasteiger partial charge in [0.2, 0.25) is 17.7 Å². The van der Waals surface area contributed by atoms with Gasteiger partial charge in [0.05, 0.1) is 0 Å². The summed E-state index contributed by atoms with van der Waals surface area (Å²) in [5.41, 5.74) is 8.05. The van der Waals surface area contributed by atoms with Crippen molar-refractivity contribution in [3.05, 3.63) is 81.6 Å². The summed E-state index contributed by atoms with van der Waals surface area (Å²) in [6.45, 7) is 1.93. The summed E-state index contributed by atoms with van der Waals surface area (Å²) >= 11 is 5.55. The molecule has 1 spiro atoms. The van der Waals surface area contributed by atoms with Gasteiger partial charge in [-0.25, -0.2) is 0 Å². The molecular weight excluding hydrogens is 386 g/mol. The number of rotatable bonds is 1. The molecule has 2 aromatic carbocycles. The van der Waals surface area contributed by atoms with Crippen molar-refractivity contribution in [2.24, 2.45) is 5.73 Å². The zero-order chi connectivity index (χ0) is 20.3. The molecule has 2 aliphatic heterocycles. The summed E-state index contributed by atoms with van der Waals surface area (Å²) in [7, 11) is 0. The van der Waals surface area contributed by atoms with Gasteiger partial charge in [-0.2, -0.15) is 5.26 Å². The molecule has 1 unspecified atom stereocenters. The number of carbonyl (C=O) groups is 1. The molecule has 142 valence electrons. The van der Waals surface area contributed by atoms with Crippen LogP contribution in [-0.4, -0.2) is 15.5 Å². The highest BCUT2D eigenvalue weighted by atomic mass is 32.1. The smallest absolute Gasteiger partial charge is 0.246 e. The second-order valence-corrected chi connectivity index (χ2v) is 7.37. The first-order chi connectivity index (χ1) is 14.0. The van der Waals surface area contributed by atoms with Gasteiger partial charge in [0.1, 0.15) is 17.3 Å². The number of aromatic amines is 1. The quantitative estimate of drug-likeness (QED) is 0.543. The maximum atomic E-state index is 13.5. The molecule has 1 amide bonds. The lowest BCUT2D eigenvalue weighted by Gasteiger charge is -2.32. The van der Waals surface area contributed by atoms with Gasteiger partial charge in [0.25, 0.3) is 0 Å². The molecule has 0 saturated carbocycles. The van der Waals surface area contributed by atoms with Crippen LogP contribution in [0, 0.1) is 23.0 Å². The van der Waals surface area contributed by atoms with Crippen molar-refractivity contribution < 1.29 is 9.53 Å². The SMILES string of the molecule is Cc1ccc2c(c1)C1(C(=O)N2)C(C#N)=C(N)Oc2[nH]c(=S)n(-c3ccccc3)c21. The number of benzene rings is 2. The van der Waals surface area contributed by atoms with Crippen LogP contribution in [0.3, 0.4) is 0 Å². The van der Waals surface area contributed by atoms with Gasteiger partial charge >= 0.3 is 0 Å². The van der Waals surface area contributed by atoms with E-state index in [1.807, 2.05) is 55.5 Å². The molecule has 29 heavy (non-hydrogen) atoms. The number of hydrogen-bond donors (Lipinski definition) is 3. The number of nitrogens with one attached hydrogen (secondary N) is 2. The molecule has 0 aliphatic carbocycles. The fourth-order valence-corrected chi connectivity index (χ4v) is 4.44. The van der Waals surface area contributed by atoms with E-state index in [-0.39, 0.29) is 23.2 Å². The number of ether oxygens (including phenoxy) is 1. The number of imidazole rings is 1. The Morgan fingerprint density at radius 2 is 2.00 bits per heavy atom. The van der Waals surface area contributed by atoms with Crippen molar-refractivity contribution in [3.8, 4) is 17.6 Å². The maximum Gasteiger partial charge on any atom is 0.246 e. The highest BCUT2D eigenvalue weighted by Gasteiger charge is 2.59. The zero-order valence-electron chi connectivity index (χ0n) is 15.3. The number of amides is 1. The average molecular weight is 401 g/mol. The Kier molecular flexibility index (Phi) is 3.48. The summed E-state index contributed by atoms with van der Waals surface area (Å²) in [5.74, 6) is -0.248. The van der Waals surface area contributed by atoms with Crippen molar-refractivity contribution in [1.82, 2.24) is 9.55 Å². The number of aromatic nitrogens is 2. The van der Waals surface area contributed by atoms with Gasteiger partial charge in [0, 0.05) is 16.9 Å². The number of hydrogen-bond acceptors (Lipinski definition) is 5. The Balaban J connectivity index is 1.97. The minimum Gasteiger partial charge on any atom is -0.422 e. The van der Waals surface area contributed by atoms with Crippen LogP contribution in [-0.2, 0) is 10.2 Å². The summed E-state index contributed by atoms with van der Waals surface area (Å²) in [5, 5.41) is 12.9. The molecule has 8 heteroatoms. The molecular formula is C21H15N5O2S. The fourth-order valence-electron chi connectivity index (χ4n) is 4.15. The predicted octanol–water partition coefficient (Wildman–Crippen LogP) is 3.17. The van der Waals surface area contributed by atoms with Gasteiger partial charge in [0.15, 0.2) is 10.2 Å². The van der Waals surface area contributed by atoms with Crippen molar-refractivity contribution >= 4 is 23.8 Å². The molecule has 2 aliphatic rings. The van der Waals surface area contributed by atoms with Crippen LogP contribution in [0.5, 0.6) is 5.88 Å². The van der Waals surface area contributed by atoms with E-state index >= 15 is 0 Å². The molecule has 0 bridgehead atoms. The Labute approximate surface area is 171 Å². The molecule has 4 N–H and O–H groups in total. The number of nitrogens with two attached hydrogens (primary N) is 1. The van der Waals surface area contributed by atoms with E-state index in [0.29, 0.717) is 21.7 Å². The molecule has 0 fully saturated rings. The fraction of sp³-hybridized carbons (Fsp3) is 0.0952. The van der Waals surface area contributed by atoms with Gasteiger partial charge in [-0.15, -0.1) is 0 Å². The first-order valence-corrected chi connectivity index (χ1v) is 9.31. The monoisotopic (exact) mass is 401 g/mol. The molecule has 1 aromatic heterocycles. The third-order valence-electron chi connectivity index (χ3n) is 5.34. The van der Waals surface area contributed by atoms with Gasteiger partial charge in [-0.3, -0.25) is 9.36 Å². The number of carbonyl (C=O) groups excluding carboxylic acids is 1. The van der Waals surface area contributed by atoms with Crippen LogP contribution in [0.4, 0.5) is 5.69 Å². The van der Waals surface area contributed by atoms with Crippen LogP contribution in [0.1, 0.15) is 16.8 Å². The van der Waals surface area contributed by atoms with Gasteiger partial charge in [-0.05, 0) is 37.3 Å². The summed E-state index contributed by atoms with van der Waals surface area (Å²) in [4.78, 5) is 16.5. The minimum absolute atomic E-state index is 0.0329. The molecule has 7 nitrogen and oxygen atoms in total. The van der Waals surface area contributed by atoms with Crippen LogP contribution < -0.4 is 15.8 Å². The van der Waals surface area contributed by atoms with E-state index in [2.05, 4.69) is 16.4 Å². The number of para-hydroxylation sites is 1. The third kappa shape index (κ3) is 2.10. The molecule has 3 aromatic rings. The van der Waals surface area contributed by atoms with E-state index in [9.17, 15) is 10.1 Å². The molecule has 5 rings (SSSR count). The molecule has 3 heterocycles. The van der Waals surface area contributed by atoms with Crippen LogP contribution in [0.25, 0.3) is 5.69 Å². The van der Waals surface area contributed by atoms with E-state index in [1.165, 1.54) is 0 Å². The van der Waals surface area contributed by atoms with Crippen LogP contribution >= 0.6 is 12.2 Å². The maximum absolute atomic E-state index is 13.5. The number of nitriles is 1. The standard InChI is InChI=1S/C21H15N5O2S/c1-11-7-8-15-13(9-11)21(19(27)24-15)14(10-22)17(23)28-18-16(21)26(20(29)25-18)12-5-3-2-4-6-12/h2-9H,23H2,1H3,(H,24,27)(H,25,29). The van der Waals surface area contributed by atoms with Gasteiger partial charge in [-0.1, -0.05) is 35.9 Å². The van der Waals surface area contributed by atoms with Crippen molar-refractivity contribution in [2.45, 2.75) is 12.3 Å². The number of anilines is 1. The molecule has 0 radical (unpaired) electrons. The molecule has 0 saturated heterocycles. The molecule has 1 atom stereocenters. The van der Waals surface area contributed by atoms with E-state index < -0.39 is 5.41 Å². The van der Waals surface area contributed by atoms with Crippen molar-refractivity contribution in [1.29, 1.82) is 5.26 Å². The first-order valence-electron chi connectivity index (χ1n) is 8.90. The summed E-state index contributed by atoms with van der Waals surface area (Å²) in [6.07, 6.45) is 0. The summed E-state index contributed by atoms with van der Waals surface area (Å²) in [6, 6.07) is 17.1. The van der Waals surface area contributed by atoms with Gasteiger partial charge < -0.3 is 20.8 Å². The lowest BCUT2D eigenvalue weighted by atomic mass is 9.71. The van der Waals surface area contributed by atoms with E-state index in [0.717, 1.165) is 11.3 Å². The highest BCUT2D eigenvalue weighted by molar-refractivity contribution is 7.71. The Morgan fingerprint density at radius 1 is 1.24 bits per heavy atom. The highest BCUT2D eigenvalue weighted by Crippen LogP contribution is 2.53. The number of H-pyrrole nitrogens is 1. The predicted molar refractivity (Wildman–Crippen MR) is 109 cm³/mol. The first kappa shape index (κ1) is 17.3. The normalized spacial score (nSPS) is 19.4. The average Bonchev–Trinajstić information content (AvgIpc) is 3.17. The lowest BCUT2D eigenvalue weighted by molar-refractivity contribution is -0.118. The Hall–Kier alpha value is -3.83. The van der Waals surface area contributed by atoms with Crippen molar-refractivity contribution in [2.75, 3.05) is 5.32 Å².